The molecular weight excluding hydrogens is 467 g/mol. The van der Waals surface area contributed by atoms with Gasteiger partial charge in [-0.05, 0) is 32.0 Å². The normalized spacial score (nSPS) is 15.7. The number of benzene rings is 1. The van der Waals surface area contributed by atoms with Crippen molar-refractivity contribution in [2.45, 2.75) is 25.4 Å². The molecule has 28 heavy (non-hydrogen) atoms. The second kappa shape index (κ2) is 11.9. The van der Waals surface area contributed by atoms with Crippen LogP contribution in [0.2, 0.25) is 0 Å². The van der Waals surface area contributed by atoms with Gasteiger partial charge in [0.05, 0.1) is 19.5 Å². The molecule has 1 aromatic heterocycles. The number of likely N-dealkylation sites (tertiary alicyclic amines) is 1. The number of rotatable bonds is 8. The highest BCUT2D eigenvalue weighted by atomic mass is 127. The van der Waals surface area contributed by atoms with Crippen molar-refractivity contribution >= 4 is 29.9 Å². The Balaban J connectivity index is 0.00000280. The summed E-state index contributed by atoms with van der Waals surface area (Å²) in [6.07, 6.45) is 8.08. The Morgan fingerprint density at radius 3 is 2.71 bits per heavy atom. The minimum absolute atomic E-state index is 0. The summed E-state index contributed by atoms with van der Waals surface area (Å²) in [6, 6.07) is 8.57. The standard InChI is InChI=1S/C20H30N6O.HI/c1-21-20(23-10-14-25-13-9-22-16-25)24-15-18(26-11-5-6-12-26)17-7-3-4-8-19(17)27-2;/h3-4,7-9,13,16,18H,5-6,10-12,14-15H2,1-2H3,(H2,21,23,24);1H. The fourth-order valence-electron chi connectivity index (χ4n) is 3.57. The summed E-state index contributed by atoms with van der Waals surface area (Å²) in [4.78, 5) is 11.0. The molecule has 1 fully saturated rings. The number of imidazole rings is 1. The first-order chi connectivity index (χ1) is 13.3. The van der Waals surface area contributed by atoms with Crippen LogP contribution in [0.5, 0.6) is 5.75 Å². The van der Waals surface area contributed by atoms with Gasteiger partial charge in [0.2, 0.25) is 0 Å². The predicted octanol–water partition coefficient (Wildman–Crippen LogP) is 2.51. The Bertz CT molecular complexity index is 715. The first-order valence-electron chi connectivity index (χ1n) is 9.59. The molecule has 0 saturated carbocycles. The number of nitrogens with zero attached hydrogens (tertiary/aromatic N) is 4. The Morgan fingerprint density at radius 1 is 1.25 bits per heavy atom. The molecule has 1 unspecified atom stereocenters. The van der Waals surface area contributed by atoms with E-state index in [0.29, 0.717) is 0 Å². The van der Waals surface area contributed by atoms with E-state index in [-0.39, 0.29) is 30.0 Å². The molecule has 8 heteroatoms. The second-order valence-corrected chi connectivity index (χ2v) is 6.68. The zero-order chi connectivity index (χ0) is 18.9. The molecule has 0 spiro atoms. The molecule has 0 amide bonds. The Kier molecular flexibility index (Phi) is 9.56. The largest absolute Gasteiger partial charge is 0.496 e. The summed E-state index contributed by atoms with van der Waals surface area (Å²) in [7, 11) is 3.55. The van der Waals surface area contributed by atoms with Crippen LogP contribution < -0.4 is 15.4 Å². The average molecular weight is 498 g/mol. The predicted molar refractivity (Wildman–Crippen MR) is 124 cm³/mol. The van der Waals surface area contributed by atoms with E-state index in [1.165, 1.54) is 18.4 Å². The molecule has 1 atom stereocenters. The molecule has 0 aliphatic carbocycles. The molecule has 2 heterocycles. The molecule has 154 valence electrons. The summed E-state index contributed by atoms with van der Waals surface area (Å²) in [5, 5.41) is 6.87. The molecule has 1 saturated heterocycles. The lowest BCUT2D eigenvalue weighted by Gasteiger charge is -2.30. The van der Waals surface area contributed by atoms with Crippen LogP contribution in [0.3, 0.4) is 0 Å². The van der Waals surface area contributed by atoms with Gasteiger partial charge in [0.25, 0.3) is 0 Å². The van der Waals surface area contributed by atoms with Crippen LogP contribution >= 0.6 is 24.0 Å². The second-order valence-electron chi connectivity index (χ2n) is 6.68. The third-order valence-electron chi connectivity index (χ3n) is 4.99. The van der Waals surface area contributed by atoms with Crippen LogP contribution in [0, 0.1) is 0 Å². The molecule has 3 rings (SSSR count). The van der Waals surface area contributed by atoms with Crippen molar-refractivity contribution in [3.05, 3.63) is 48.5 Å². The van der Waals surface area contributed by atoms with E-state index in [4.69, 9.17) is 4.74 Å². The first kappa shape index (κ1) is 22.5. The van der Waals surface area contributed by atoms with Gasteiger partial charge in [0.15, 0.2) is 5.96 Å². The van der Waals surface area contributed by atoms with Crippen molar-refractivity contribution in [3.8, 4) is 5.75 Å². The summed E-state index contributed by atoms with van der Waals surface area (Å²) in [6.45, 7) is 4.67. The lowest BCUT2D eigenvalue weighted by atomic mass is 10.0. The number of halogens is 1. The van der Waals surface area contributed by atoms with Gasteiger partial charge in [-0.1, -0.05) is 18.2 Å². The number of hydrogen-bond acceptors (Lipinski definition) is 4. The van der Waals surface area contributed by atoms with E-state index in [2.05, 4.69) is 37.6 Å². The van der Waals surface area contributed by atoms with Gasteiger partial charge in [0.1, 0.15) is 5.75 Å². The molecule has 2 N–H and O–H groups in total. The summed E-state index contributed by atoms with van der Waals surface area (Å²) in [5.41, 5.74) is 1.23. The topological polar surface area (TPSA) is 66.7 Å². The number of aromatic nitrogens is 2. The fraction of sp³-hybridized carbons (Fsp3) is 0.500. The van der Waals surface area contributed by atoms with Gasteiger partial charge in [0, 0.05) is 44.6 Å². The summed E-state index contributed by atoms with van der Waals surface area (Å²) < 4.78 is 7.66. The molecule has 1 aromatic carbocycles. The molecule has 0 radical (unpaired) electrons. The van der Waals surface area contributed by atoms with E-state index >= 15 is 0 Å². The highest BCUT2D eigenvalue weighted by molar-refractivity contribution is 14.0. The van der Waals surface area contributed by atoms with E-state index in [9.17, 15) is 0 Å². The molecule has 2 aromatic rings. The minimum Gasteiger partial charge on any atom is -0.496 e. The van der Waals surface area contributed by atoms with Gasteiger partial charge in [-0.25, -0.2) is 4.98 Å². The van der Waals surface area contributed by atoms with Crippen LogP contribution in [-0.4, -0.2) is 60.7 Å². The lowest BCUT2D eigenvalue weighted by Crippen LogP contribution is -2.43. The van der Waals surface area contributed by atoms with Crippen LogP contribution in [0.25, 0.3) is 0 Å². The van der Waals surface area contributed by atoms with Crippen LogP contribution in [0.4, 0.5) is 0 Å². The Hall–Kier alpha value is -1.81. The smallest absolute Gasteiger partial charge is 0.191 e. The van der Waals surface area contributed by atoms with Crippen LogP contribution in [-0.2, 0) is 6.54 Å². The summed E-state index contributed by atoms with van der Waals surface area (Å²) >= 11 is 0. The quantitative estimate of drug-likeness (QED) is 0.333. The van der Waals surface area contributed by atoms with Crippen molar-refractivity contribution in [2.24, 2.45) is 4.99 Å². The van der Waals surface area contributed by atoms with Crippen LogP contribution in [0.15, 0.2) is 48.0 Å². The first-order valence-corrected chi connectivity index (χ1v) is 9.59. The number of guanidine groups is 1. The maximum absolute atomic E-state index is 5.62. The molecular formula is C20H31IN6O. The number of ether oxygens (including phenoxy) is 1. The van der Waals surface area contributed by atoms with Crippen molar-refractivity contribution in [2.75, 3.05) is 40.3 Å². The van der Waals surface area contributed by atoms with Crippen molar-refractivity contribution in [3.63, 3.8) is 0 Å². The average Bonchev–Trinajstić information content (AvgIpc) is 3.41. The summed E-state index contributed by atoms with van der Waals surface area (Å²) in [5.74, 6) is 1.76. The van der Waals surface area contributed by atoms with Gasteiger partial charge in [-0.2, -0.15) is 0 Å². The van der Waals surface area contributed by atoms with Crippen molar-refractivity contribution < 1.29 is 4.74 Å². The molecule has 1 aliphatic rings. The number of methoxy groups -OCH3 is 1. The maximum atomic E-state index is 5.62. The number of aliphatic imine (C=N–C) groups is 1. The molecule has 0 bridgehead atoms. The van der Waals surface area contributed by atoms with Gasteiger partial charge in [-0.15, -0.1) is 24.0 Å². The fourth-order valence-corrected chi connectivity index (χ4v) is 3.57. The molecule has 1 aliphatic heterocycles. The van der Waals surface area contributed by atoms with Crippen molar-refractivity contribution in [1.82, 2.24) is 25.1 Å². The monoisotopic (exact) mass is 498 g/mol. The number of para-hydroxylation sites is 1. The van der Waals surface area contributed by atoms with E-state index in [1.54, 1.807) is 20.4 Å². The highest BCUT2D eigenvalue weighted by Gasteiger charge is 2.25. The maximum Gasteiger partial charge on any atom is 0.191 e. The molecule has 7 nitrogen and oxygen atoms in total. The highest BCUT2D eigenvalue weighted by Crippen LogP contribution is 2.31. The van der Waals surface area contributed by atoms with Gasteiger partial charge in [-0.3, -0.25) is 9.89 Å². The van der Waals surface area contributed by atoms with E-state index < -0.39 is 0 Å². The Labute approximate surface area is 184 Å². The Morgan fingerprint density at radius 2 is 2.04 bits per heavy atom. The van der Waals surface area contributed by atoms with E-state index in [1.807, 2.05) is 29.2 Å². The number of nitrogens with one attached hydrogen (secondary N) is 2. The van der Waals surface area contributed by atoms with Gasteiger partial charge >= 0.3 is 0 Å². The minimum atomic E-state index is 0. The zero-order valence-electron chi connectivity index (χ0n) is 16.7. The van der Waals surface area contributed by atoms with E-state index in [0.717, 1.165) is 44.4 Å². The zero-order valence-corrected chi connectivity index (χ0v) is 19.0. The third-order valence-corrected chi connectivity index (χ3v) is 4.99. The number of hydrogen-bond donors (Lipinski definition) is 2. The van der Waals surface area contributed by atoms with Crippen LogP contribution in [0.1, 0.15) is 24.4 Å². The third kappa shape index (κ3) is 6.10. The lowest BCUT2D eigenvalue weighted by molar-refractivity contribution is 0.239. The SMILES string of the molecule is CN=C(NCCn1ccnc1)NCC(c1ccccc1OC)N1CCCC1.I. The van der Waals surface area contributed by atoms with Crippen molar-refractivity contribution in [1.29, 1.82) is 0 Å². The van der Waals surface area contributed by atoms with Gasteiger partial charge < -0.3 is 19.9 Å².